The summed E-state index contributed by atoms with van der Waals surface area (Å²) < 4.78 is 26.5. The lowest BCUT2D eigenvalue weighted by atomic mass is 9.91. The van der Waals surface area contributed by atoms with Crippen molar-refractivity contribution in [1.29, 1.82) is 0 Å². The molecule has 0 spiro atoms. The highest BCUT2D eigenvalue weighted by molar-refractivity contribution is 9.09. The molecule has 0 aliphatic heterocycles. The van der Waals surface area contributed by atoms with Gasteiger partial charge in [0.2, 0.25) is 0 Å². The van der Waals surface area contributed by atoms with Gasteiger partial charge in [-0.2, -0.15) is 0 Å². The normalized spacial score (nSPS) is 29.6. The predicted molar refractivity (Wildman–Crippen MR) is 64.7 cm³/mol. The number of hydrogen-bond acceptors (Lipinski definition) is 0. The Morgan fingerprint density at radius 1 is 1.31 bits per heavy atom. The molecular formula is C13H15BrF2. The van der Waals surface area contributed by atoms with Gasteiger partial charge >= 0.3 is 0 Å². The van der Waals surface area contributed by atoms with E-state index in [9.17, 15) is 8.78 Å². The van der Waals surface area contributed by atoms with Crippen molar-refractivity contribution in [3.05, 3.63) is 35.4 Å². The molecule has 3 atom stereocenters. The van der Waals surface area contributed by atoms with Gasteiger partial charge in [0.15, 0.2) is 0 Å². The predicted octanol–water partition coefficient (Wildman–Crippen LogP) is 4.32. The fourth-order valence-electron chi connectivity index (χ4n) is 2.46. The van der Waals surface area contributed by atoms with Crippen molar-refractivity contribution in [2.75, 3.05) is 0 Å². The SMILES string of the molecule is CC1C(Br)CCC1Cc1cc(F)ccc1F. The molecule has 16 heavy (non-hydrogen) atoms. The molecule has 1 saturated carbocycles. The standard InChI is InChI=1S/C13H15BrF2/c1-8-9(2-4-12(8)14)6-10-7-11(15)3-5-13(10)16/h3,5,7-9,12H,2,4,6H2,1H3. The van der Waals surface area contributed by atoms with Gasteiger partial charge in [-0.15, -0.1) is 0 Å². The number of alkyl halides is 1. The first-order valence-corrected chi connectivity index (χ1v) is 6.57. The highest BCUT2D eigenvalue weighted by Crippen LogP contribution is 2.38. The summed E-state index contributed by atoms with van der Waals surface area (Å²) in [6.07, 6.45) is 2.86. The Morgan fingerprint density at radius 2 is 2.06 bits per heavy atom. The van der Waals surface area contributed by atoms with Crippen LogP contribution in [0.15, 0.2) is 18.2 Å². The summed E-state index contributed by atoms with van der Waals surface area (Å²) in [5.41, 5.74) is 0.512. The lowest BCUT2D eigenvalue weighted by Gasteiger charge is -2.17. The van der Waals surface area contributed by atoms with Crippen molar-refractivity contribution in [1.82, 2.24) is 0 Å². The Labute approximate surface area is 103 Å². The number of benzene rings is 1. The fourth-order valence-corrected chi connectivity index (χ4v) is 3.16. The second kappa shape index (κ2) is 4.82. The number of hydrogen-bond donors (Lipinski definition) is 0. The van der Waals surface area contributed by atoms with Crippen molar-refractivity contribution < 1.29 is 8.78 Å². The smallest absolute Gasteiger partial charge is 0.126 e. The zero-order valence-corrected chi connectivity index (χ0v) is 10.8. The molecule has 0 nitrogen and oxygen atoms in total. The maximum Gasteiger partial charge on any atom is 0.126 e. The van der Waals surface area contributed by atoms with Crippen LogP contribution in [-0.2, 0) is 6.42 Å². The Bertz CT molecular complexity index is 378. The molecule has 1 aromatic carbocycles. The van der Waals surface area contributed by atoms with Crippen LogP contribution < -0.4 is 0 Å². The second-order valence-electron chi connectivity index (χ2n) is 4.65. The first-order chi connectivity index (χ1) is 7.58. The van der Waals surface area contributed by atoms with Gasteiger partial charge in [-0.3, -0.25) is 0 Å². The van der Waals surface area contributed by atoms with Crippen LogP contribution in [0.25, 0.3) is 0 Å². The summed E-state index contributed by atoms with van der Waals surface area (Å²) in [5, 5.41) is 0. The first kappa shape index (κ1) is 12.0. The van der Waals surface area contributed by atoms with E-state index in [1.165, 1.54) is 18.2 Å². The summed E-state index contributed by atoms with van der Waals surface area (Å²) in [7, 11) is 0. The van der Waals surface area contributed by atoms with Crippen molar-refractivity contribution in [2.24, 2.45) is 11.8 Å². The van der Waals surface area contributed by atoms with E-state index in [4.69, 9.17) is 0 Å². The van der Waals surface area contributed by atoms with Gasteiger partial charge in [-0.1, -0.05) is 22.9 Å². The maximum atomic E-state index is 13.5. The minimum Gasteiger partial charge on any atom is -0.207 e. The fraction of sp³-hybridized carbons (Fsp3) is 0.538. The first-order valence-electron chi connectivity index (χ1n) is 5.66. The zero-order chi connectivity index (χ0) is 11.7. The second-order valence-corrected chi connectivity index (χ2v) is 5.83. The monoisotopic (exact) mass is 288 g/mol. The van der Waals surface area contributed by atoms with Crippen molar-refractivity contribution in [3.8, 4) is 0 Å². The molecule has 0 saturated heterocycles. The van der Waals surface area contributed by atoms with E-state index in [0.717, 1.165) is 12.8 Å². The molecule has 1 aromatic rings. The molecule has 0 aromatic heterocycles. The molecule has 0 bridgehead atoms. The Hall–Kier alpha value is -0.440. The van der Waals surface area contributed by atoms with E-state index in [1.807, 2.05) is 0 Å². The van der Waals surface area contributed by atoms with Gasteiger partial charge in [0.1, 0.15) is 11.6 Å². The molecule has 3 heteroatoms. The Balaban J connectivity index is 2.12. The third kappa shape index (κ3) is 2.45. The Morgan fingerprint density at radius 3 is 2.69 bits per heavy atom. The van der Waals surface area contributed by atoms with Gasteiger partial charge in [0, 0.05) is 4.83 Å². The minimum absolute atomic E-state index is 0.286. The third-order valence-electron chi connectivity index (χ3n) is 3.62. The average Bonchev–Trinajstić information content (AvgIpc) is 2.55. The van der Waals surface area contributed by atoms with Crippen LogP contribution >= 0.6 is 15.9 Å². The van der Waals surface area contributed by atoms with Crippen LogP contribution in [0.4, 0.5) is 8.78 Å². The molecule has 1 aliphatic carbocycles. The lowest BCUT2D eigenvalue weighted by Crippen LogP contribution is -2.13. The largest absolute Gasteiger partial charge is 0.207 e. The molecule has 0 amide bonds. The van der Waals surface area contributed by atoms with Gasteiger partial charge in [0.25, 0.3) is 0 Å². The summed E-state index contributed by atoms with van der Waals surface area (Å²) >= 11 is 3.62. The van der Waals surface area contributed by atoms with E-state index < -0.39 is 0 Å². The molecule has 1 aliphatic rings. The Kier molecular flexibility index (Phi) is 3.63. The average molecular weight is 289 g/mol. The van der Waals surface area contributed by atoms with Gasteiger partial charge < -0.3 is 0 Å². The van der Waals surface area contributed by atoms with E-state index in [2.05, 4.69) is 22.9 Å². The number of rotatable bonds is 2. The molecule has 0 heterocycles. The van der Waals surface area contributed by atoms with E-state index in [1.54, 1.807) is 0 Å². The van der Waals surface area contributed by atoms with E-state index in [-0.39, 0.29) is 11.6 Å². The topological polar surface area (TPSA) is 0 Å². The zero-order valence-electron chi connectivity index (χ0n) is 9.22. The van der Waals surface area contributed by atoms with Crippen LogP contribution in [-0.4, -0.2) is 4.83 Å². The van der Waals surface area contributed by atoms with Gasteiger partial charge in [-0.25, -0.2) is 8.78 Å². The molecule has 1 fully saturated rings. The molecule has 0 N–H and O–H groups in total. The van der Waals surface area contributed by atoms with Crippen LogP contribution in [0.1, 0.15) is 25.3 Å². The van der Waals surface area contributed by atoms with Crippen molar-refractivity contribution in [3.63, 3.8) is 0 Å². The van der Waals surface area contributed by atoms with Crippen molar-refractivity contribution >= 4 is 15.9 Å². The van der Waals surface area contributed by atoms with E-state index >= 15 is 0 Å². The number of halogens is 3. The quantitative estimate of drug-likeness (QED) is 0.711. The van der Waals surface area contributed by atoms with Gasteiger partial charge in [-0.05, 0) is 54.9 Å². The van der Waals surface area contributed by atoms with Gasteiger partial charge in [0.05, 0.1) is 0 Å². The van der Waals surface area contributed by atoms with Crippen molar-refractivity contribution in [2.45, 2.75) is 31.0 Å². The summed E-state index contributed by atoms with van der Waals surface area (Å²) in [6.45, 7) is 2.17. The molecule has 0 radical (unpaired) electrons. The van der Waals surface area contributed by atoms with Crippen LogP contribution in [0, 0.1) is 23.5 Å². The summed E-state index contributed by atoms with van der Waals surface area (Å²) in [4.78, 5) is 0.522. The maximum absolute atomic E-state index is 13.5. The summed E-state index contributed by atoms with van der Waals surface area (Å²) in [6, 6.07) is 3.71. The summed E-state index contributed by atoms with van der Waals surface area (Å²) in [5.74, 6) is 0.354. The van der Waals surface area contributed by atoms with E-state index in [0.29, 0.717) is 28.6 Å². The lowest BCUT2D eigenvalue weighted by molar-refractivity contribution is 0.415. The minimum atomic E-state index is -0.350. The molecule has 88 valence electrons. The van der Waals surface area contributed by atoms with Crippen LogP contribution in [0.2, 0.25) is 0 Å². The molecule has 2 rings (SSSR count). The van der Waals surface area contributed by atoms with Crippen LogP contribution in [0.3, 0.4) is 0 Å². The molecule has 3 unspecified atom stereocenters. The molecular weight excluding hydrogens is 274 g/mol. The highest BCUT2D eigenvalue weighted by atomic mass is 79.9. The third-order valence-corrected chi connectivity index (χ3v) is 4.91. The van der Waals surface area contributed by atoms with Crippen LogP contribution in [0.5, 0.6) is 0 Å². The highest BCUT2D eigenvalue weighted by Gasteiger charge is 2.31.